The summed E-state index contributed by atoms with van der Waals surface area (Å²) in [5, 5.41) is 16.3. The summed E-state index contributed by atoms with van der Waals surface area (Å²) in [6.45, 7) is 11.3. The molecule has 1 aliphatic carbocycles. The van der Waals surface area contributed by atoms with E-state index in [-0.39, 0.29) is 48.7 Å². The smallest absolute Gasteiger partial charge is 0.242 e. The van der Waals surface area contributed by atoms with E-state index in [9.17, 15) is 24.3 Å². The molecule has 1 saturated heterocycles. The zero-order valence-electron chi connectivity index (χ0n) is 31.2. The molecule has 7 atom stereocenters. The van der Waals surface area contributed by atoms with Crippen molar-refractivity contribution in [3.8, 4) is 0 Å². The Morgan fingerprint density at radius 1 is 1.04 bits per heavy atom. The molecule has 0 aromatic heterocycles. The second kappa shape index (κ2) is 20.0. The van der Waals surface area contributed by atoms with Gasteiger partial charge in [-0.05, 0) is 57.9 Å². The molecule has 278 valence electrons. The summed E-state index contributed by atoms with van der Waals surface area (Å²) in [7, 11) is 4.79. The molecule has 1 aromatic carbocycles. The predicted octanol–water partition coefficient (Wildman–Crippen LogP) is 3.17. The Bertz CT molecular complexity index is 1190. The molecule has 2 aliphatic rings. The van der Waals surface area contributed by atoms with Gasteiger partial charge in [0, 0.05) is 27.8 Å². The van der Waals surface area contributed by atoms with Gasteiger partial charge in [-0.25, -0.2) is 0 Å². The molecule has 49 heavy (non-hydrogen) atoms. The highest BCUT2D eigenvalue weighted by atomic mass is 16.5. The molecule has 0 bridgehead atoms. The molecular formula is C37H63N5O7. The number of nitrogens with one attached hydrogen (secondary N) is 2. The van der Waals surface area contributed by atoms with Crippen molar-refractivity contribution in [2.24, 2.45) is 17.6 Å². The van der Waals surface area contributed by atoms with Gasteiger partial charge in [0.25, 0.3) is 0 Å². The number of likely N-dealkylation sites (tertiary alicyclic amines) is 1. The van der Waals surface area contributed by atoms with Crippen molar-refractivity contribution in [3.63, 3.8) is 0 Å². The van der Waals surface area contributed by atoms with E-state index in [1.54, 1.807) is 58.8 Å². The molecule has 2 fully saturated rings. The van der Waals surface area contributed by atoms with E-state index in [0.717, 1.165) is 25.7 Å². The number of likely N-dealkylation sites (N-methyl/N-ethyl adjacent to an activating group) is 1. The van der Waals surface area contributed by atoms with Crippen molar-refractivity contribution in [1.82, 2.24) is 20.4 Å². The van der Waals surface area contributed by atoms with E-state index in [2.05, 4.69) is 24.5 Å². The first kappa shape index (κ1) is 42.1. The average molecular weight is 690 g/mol. The number of aliphatic hydroxyl groups excluding tert-OH is 1. The summed E-state index contributed by atoms with van der Waals surface area (Å²) in [6.07, 6.45) is 3.65. The fourth-order valence-corrected chi connectivity index (χ4v) is 6.62. The van der Waals surface area contributed by atoms with E-state index in [4.69, 9.17) is 15.2 Å². The third-order valence-electron chi connectivity index (χ3n) is 9.68. The lowest BCUT2D eigenvalue weighted by Gasteiger charge is -2.43. The molecule has 4 amide bonds. The quantitative estimate of drug-likeness (QED) is 0.206. The molecule has 1 saturated carbocycles. The molecule has 1 aromatic rings. The standard InChI is InChI=1S/C34H55N5O7.C3H8/c1-21(32(43)37-22(2)30(42)24-13-9-8-10-14-24)31(46-7)25-17-12-18-39(25)27(40)19-26(45-6)29(23-15-11-16-23)38(5)28(41)20-36-33(44)34(3,4)35;1-3-2/h8-10,13-14,21-23,25-26,29-31,42H,11-12,15-20,35H2,1-7H3,(H,36,44)(H,37,43);3H2,1-2H3. The van der Waals surface area contributed by atoms with Crippen molar-refractivity contribution in [2.75, 3.05) is 34.4 Å². The summed E-state index contributed by atoms with van der Waals surface area (Å²) in [6, 6.07) is 7.97. The molecule has 0 radical (unpaired) electrons. The van der Waals surface area contributed by atoms with E-state index in [1.807, 2.05) is 30.3 Å². The van der Waals surface area contributed by atoms with Crippen molar-refractivity contribution in [3.05, 3.63) is 35.9 Å². The topological polar surface area (TPSA) is 164 Å². The number of nitrogens with two attached hydrogens (primary N) is 1. The number of carbonyl (C=O) groups is 4. The third kappa shape index (κ3) is 11.8. The van der Waals surface area contributed by atoms with Gasteiger partial charge in [0.1, 0.15) is 0 Å². The minimum atomic E-state index is -1.11. The molecule has 12 nitrogen and oxygen atoms in total. The predicted molar refractivity (Wildman–Crippen MR) is 190 cm³/mol. The summed E-state index contributed by atoms with van der Waals surface area (Å²) in [5.41, 5.74) is 5.46. The van der Waals surface area contributed by atoms with Gasteiger partial charge >= 0.3 is 0 Å². The number of rotatable bonds is 16. The maximum atomic E-state index is 13.9. The van der Waals surface area contributed by atoms with E-state index in [0.29, 0.717) is 18.5 Å². The van der Waals surface area contributed by atoms with Gasteiger partial charge in [-0.1, -0.05) is 63.9 Å². The van der Waals surface area contributed by atoms with Gasteiger partial charge in [-0.2, -0.15) is 0 Å². The first-order valence-corrected chi connectivity index (χ1v) is 17.8. The second-order valence-corrected chi connectivity index (χ2v) is 14.2. The molecule has 5 N–H and O–H groups in total. The van der Waals surface area contributed by atoms with Crippen LogP contribution in [0, 0.1) is 11.8 Å². The normalized spacial score (nSPS) is 20.0. The summed E-state index contributed by atoms with van der Waals surface area (Å²) in [4.78, 5) is 56.1. The largest absolute Gasteiger partial charge is 0.386 e. The highest BCUT2D eigenvalue weighted by Gasteiger charge is 2.43. The van der Waals surface area contributed by atoms with Crippen LogP contribution in [0.5, 0.6) is 0 Å². The maximum Gasteiger partial charge on any atom is 0.242 e. The van der Waals surface area contributed by atoms with Gasteiger partial charge in [-0.15, -0.1) is 0 Å². The Kier molecular flexibility index (Phi) is 17.1. The highest BCUT2D eigenvalue weighted by Crippen LogP contribution is 2.36. The number of amides is 4. The lowest BCUT2D eigenvalue weighted by Crippen LogP contribution is -2.57. The van der Waals surface area contributed by atoms with Crippen LogP contribution in [0.4, 0.5) is 0 Å². The third-order valence-corrected chi connectivity index (χ3v) is 9.68. The minimum absolute atomic E-state index is 0.0608. The zero-order chi connectivity index (χ0) is 36.9. The van der Waals surface area contributed by atoms with Gasteiger partial charge < -0.3 is 40.7 Å². The van der Waals surface area contributed by atoms with Gasteiger partial charge in [0.15, 0.2) is 0 Å². The molecule has 1 aliphatic heterocycles. The Hall–Kier alpha value is -3.06. The number of aliphatic hydroxyl groups is 1. The van der Waals surface area contributed by atoms with Crippen LogP contribution in [-0.2, 0) is 28.7 Å². The van der Waals surface area contributed by atoms with Crippen LogP contribution in [0.3, 0.4) is 0 Å². The van der Waals surface area contributed by atoms with Crippen molar-refractivity contribution >= 4 is 23.6 Å². The molecule has 0 spiro atoms. The number of nitrogens with zero attached hydrogens (tertiary/aromatic N) is 2. The van der Waals surface area contributed by atoms with Crippen LogP contribution in [0.15, 0.2) is 30.3 Å². The summed E-state index contributed by atoms with van der Waals surface area (Å²) >= 11 is 0. The SMILES string of the molecule is CCC.COC(CC(=O)N1CCCC1C(OC)C(C)C(=O)NC(C)C(O)c1ccccc1)C(C1CCC1)N(C)C(=O)CNC(=O)C(C)(C)N. The van der Waals surface area contributed by atoms with E-state index < -0.39 is 41.7 Å². The number of carbonyl (C=O) groups excluding carboxylic acids is 4. The monoisotopic (exact) mass is 689 g/mol. The van der Waals surface area contributed by atoms with Crippen molar-refractivity contribution in [2.45, 2.75) is 128 Å². The first-order valence-electron chi connectivity index (χ1n) is 17.8. The van der Waals surface area contributed by atoms with Crippen LogP contribution in [0.1, 0.15) is 98.2 Å². The number of hydrogen-bond donors (Lipinski definition) is 4. The van der Waals surface area contributed by atoms with Crippen LogP contribution in [0.2, 0.25) is 0 Å². The Morgan fingerprint density at radius 2 is 1.65 bits per heavy atom. The summed E-state index contributed by atoms with van der Waals surface area (Å²) in [5.74, 6) is -1.52. The zero-order valence-corrected chi connectivity index (χ0v) is 31.2. The van der Waals surface area contributed by atoms with Crippen molar-refractivity contribution in [1.29, 1.82) is 0 Å². The van der Waals surface area contributed by atoms with Gasteiger partial charge in [-0.3, -0.25) is 19.2 Å². The number of ether oxygens (including phenoxy) is 2. The Balaban J connectivity index is 0.00000267. The molecule has 12 heteroatoms. The van der Waals surface area contributed by atoms with Gasteiger partial charge in [0.2, 0.25) is 23.6 Å². The minimum Gasteiger partial charge on any atom is -0.386 e. The first-order chi connectivity index (χ1) is 23.1. The molecular weight excluding hydrogens is 626 g/mol. The lowest BCUT2D eigenvalue weighted by atomic mass is 9.76. The van der Waals surface area contributed by atoms with E-state index in [1.165, 1.54) is 6.42 Å². The number of benzene rings is 1. The molecule has 1 heterocycles. The fraction of sp³-hybridized carbons (Fsp3) is 0.730. The summed E-state index contributed by atoms with van der Waals surface area (Å²) < 4.78 is 11.8. The fourth-order valence-electron chi connectivity index (χ4n) is 6.62. The Labute approximate surface area is 293 Å². The van der Waals surface area contributed by atoms with Crippen LogP contribution in [0.25, 0.3) is 0 Å². The lowest BCUT2D eigenvalue weighted by molar-refractivity contribution is -0.147. The molecule has 7 unspecified atom stereocenters. The van der Waals surface area contributed by atoms with Crippen molar-refractivity contribution < 1.29 is 33.8 Å². The molecule has 3 rings (SSSR count). The van der Waals surface area contributed by atoms with Gasteiger partial charge in [0.05, 0.1) is 60.9 Å². The van der Waals surface area contributed by atoms with E-state index >= 15 is 0 Å². The average Bonchev–Trinajstić information content (AvgIpc) is 3.53. The van der Waals surface area contributed by atoms with Crippen LogP contribution in [-0.4, -0.2) is 109 Å². The Morgan fingerprint density at radius 3 is 2.16 bits per heavy atom. The second-order valence-electron chi connectivity index (χ2n) is 14.2. The number of methoxy groups -OCH3 is 2. The maximum absolute atomic E-state index is 13.9. The van der Waals surface area contributed by atoms with Crippen LogP contribution >= 0.6 is 0 Å². The van der Waals surface area contributed by atoms with Crippen LogP contribution < -0.4 is 16.4 Å². The number of hydrogen-bond acceptors (Lipinski definition) is 8. The highest BCUT2D eigenvalue weighted by molar-refractivity contribution is 5.89.